The lowest BCUT2D eigenvalue weighted by Crippen LogP contribution is -2.05. The third kappa shape index (κ3) is 2.47. The Kier molecular flexibility index (Phi) is 3.96. The molecule has 0 amide bonds. The van der Waals surface area contributed by atoms with E-state index in [1.165, 1.54) is 12.1 Å². The van der Waals surface area contributed by atoms with Gasteiger partial charge in [-0.15, -0.1) is 0 Å². The minimum absolute atomic E-state index is 0.175. The predicted octanol–water partition coefficient (Wildman–Crippen LogP) is 3.41. The van der Waals surface area contributed by atoms with Crippen LogP contribution >= 0.6 is 0 Å². The highest BCUT2D eigenvalue weighted by molar-refractivity contribution is 6.09. The number of hydrogen-bond acceptors (Lipinski definition) is 6. The fourth-order valence-corrected chi connectivity index (χ4v) is 2.43. The van der Waals surface area contributed by atoms with Crippen LogP contribution in [0.1, 0.15) is 28.4 Å². The van der Waals surface area contributed by atoms with Gasteiger partial charge in [0.25, 0.3) is 0 Å². The molecule has 0 unspecified atom stereocenters. The number of furan rings is 1. The van der Waals surface area contributed by atoms with E-state index in [4.69, 9.17) is 14.4 Å². The molecule has 2 aromatic heterocycles. The minimum Gasteiger partial charge on any atom is -0.462 e. The SMILES string of the molecule is CCOC(=O)c1c(-c2cccnc2)oc2cc(C#N)c(C#N)cc12. The maximum absolute atomic E-state index is 12.4. The van der Waals surface area contributed by atoms with Gasteiger partial charge in [0.15, 0.2) is 5.76 Å². The van der Waals surface area contributed by atoms with Crippen LogP contribution in [-0.4, -0.2) is 17.6 Å². The van der Waals surface area contributed by atoms with Gasteiger partial charge in [0, 0.05) is 29.4 Å². The van der Waals surface area contributed by atoms with Crippen LogP contribution in [0, 0.1) is 22.7 Å². The summed E-state index contributed by atoms with van der Waals surface area (Å²) in [6.07, 6.45) is 3.18. The average molecular weight is 317 g/mol. The van der Waals surface area contributed by atoms with Crippen molar-refractivity contribution in [3.8, 4) is 23.5 Å². The van der Waals surface area contributed by atoms with Crippen molar-refractivity contribution in [2.75, 3.05) is 6.61 Å². The van der Waals surface area contributed by atoms with Gasteiger partial charge < -0.3 is 9.15 Å². The van der Waals surface area contributed by atoms with Crippen molar-refractivity contribution >= 4 is 16.9 Å². The number of hydrogen-bond donors (Lipinski definition) is 0. The molecule has 2 heterocycles. The molecule has 6 heteroatoms. The number of carbonyl (C=O) groups is 1. The Labute approximate surface area is 137 Å². The second-order valence-electron chi connectivity index (χ2n) is 4.89. The Morgan fingerprint density at radius 2 is 2.04 bits per heavy atom. The van der Waals surface area contributed by atoms with Gasteiger partial charge in [-0.25, -0.2) is 4.79 Å². The molecule has 24 heavy (non-hydrogen) atoms. The number of esters is 1. The molecule has 0 bridgehead atoms. The van der Waals surface area contributed by atoms with E-state index in [2.05, 4.69) is 4.98 Å². The van der Waals surface area contributed by atoms with Gasteiger partial charge in [-0.1, -0.05) is 0 Å². The molecule has 0 atom stereocenters. The van der Waals surface area contributed by atoms with Crippen LogP contribution < -0.4 is 0 Å². The van der Waals surface area contributed by atoms with Crippen LogP contribution in [0.4, 0.5) is 0 Å². The number of benzene rings is 1. The monoisotopic (exact) mass is 317 g/mol. The van der Waals surface area contributed by atoms with Crippen molar-refractivity contribution in [2.45, 2.75) is 6.92 Å². The summed E-state index contributed by atoms with van der Waals surface area (Å²) in [6, 6.07) is 10.3. The number of pyridine rings is 1. The van der Waals surface area contributed by atoms with Gasteiger partial charge in [-0.05, 0) is 25.1 Å². The van der Waals surface area contributed by atoms with Crippen molar-refractivity contribution in [1.29, 1.82) is 10.5 Å². The van der Waals surface area contributed by atoms with Gasteiger partial charge in [0.05, 0.1) is 17.7 Å². The lowest BCUT2D eigenvalue weighted by atomic mass is 10.0. The van der Waals surface area contributed by atoms with Crippen molar-refractivity contribution in [3.05, 3.63) is 53.3 Å². The highest BCUT2D eigenvalue weighted by Crippen LogP contribution is 2.35. The molecule has 0 fully saturated rings. The molecule has 0 spiro atoms. The average Bonchev–Trinajstić information content (AvgIpc) is 2.99. The van der Waals surface area contributed by atoms with Crippen LogP contribution in [0.2, 0.25) is 0 Å². The number of carbonyl (C=O) groups excluding carboxylic acids is 1. The standard InChI is InChI=1S/C18H11N3O3/c1-2-23-18(22)16-14-6-12(8-19)13(9-20)7-15(14)24-17(16)11-4-3-5-21-10-11/h3-7,10H,2H2,1H3. The number of aromatic nitrogens is 1. The van der Waals surface area contributed by atoms with E-state index in [1.807, 2.05) is 12.1 Å². The summed E-state index contributed by atoms with van der Waals surface area (Å²) in [5.41, 5.74) is 1.53. The first-order valence-corrected chi connectivity index (χ1v) is 7.17. The van der Waals surface area contributed by atoms with E-state index < -0.39 is 5.97 Å². The van der Waals surface area contributed by atoms with Gasteiger partial charge in [-0.3, -0.25) is 4.98 Å². The zero-order valence-corrected chi connectivity index (χ0v) is 12.7. The summed E-state index contributed by atoms with van der Waals surface area (Å²) in [5.74, 6) is -0.251. The third-order valence-electron chi connectivity index (χ3n) is 3.47. The molecule has 6 nitrogen and oxygen atoms in total. The molecule has 0 aliphatic heterocycles. The van der Waals surface area contributed by atoms with Crippen LogP contribution in [0.15, 0.2) is 41.1 Å². The Morgan fingerprint density at radius 3 is 2.67 bits per heavy atom. The molecule has 0 aliphatic carbocycles. The van der Waals surface area contributed by atoms with Crippen molar-refractivity contribution < 1.29 is 13.9 Å². The van der Waals surface area contributed by atoms with Crippen LogP contribution in [0.25, 0.3) is 22.3 Å². The molecule has 3 aromatic rings. The van der Waals surface area contributed by atoms with Crippen molar-refractivity contribution in [3.63, 3.8) is 0 Å². The molecular weight excluding hydrogens is 306 g/mol. The summed E-state index contributed by atoms with van der Waals surface area (Å²) >= 11 is 0. The zero-order chi connectivity index (χ0) is 17.1. The maximum Gasteiger partial charge on any atom is 0.342 e. The lowest BCUT2D eigenvalue weighted by Gasteiger charge is -2.03. The number of nitriles is 2. The molecule has 116 valence electrons. The summed E-state index contributed by atoms with van der Waals surface area (Å²) < 4.78 is 10.9. The molecule has 1 aromatic carbocycles. The van der Waals surface area contributed by atoms with Gasteiger partial charge in [0.2, 0.25) is 0 Å². The van der Waals surface area contributed by atoms with Crippen molar-refractivity contribution in [1.82, 2.24) is 4.98 Å². The maximum atomic E-state index is 12.4. The molecule has 0 saturated heterocycles. The number of nitrogens with zero attached hydrogens (tertiary/aromatic N) is 3. The molecule has 0 saturated carbocycles. The Balaban J connectivity index is 2.35. The smallest absolute Gasteiger partial charge is 0.342 e. The zero-order valence-electron chi connectivity index (χ0n) is 12.7. The van der Waals surface area contributed by atoms with E-state index in [9.17, 15) is 10.1 Å². The second-order valence-corrected chi connectivity index (χ2v) is 4.89. The van der Waals surface area contributed by atoms with Crippen LogP contribution in [-0.2, 0) is 4.74 Å². The van der Waals surface area contributed by atoms with E-state index in [1.54, 1.807) is 31.5 Å². The Hall–Kier alpha value is -3.64. The fraction of sp³-hybridized carbons (Fsp3) is 0.111. The molecular formula is C18H11N3O3. The second kappa shape index (κ2) is 6.23. The van der Waals surface area contributed by atoms with E-state index >= 15 is 0 Å². The van der Waals surface area contributed by atoms with E-state index in [0.717, 1.165) is 0 Å². The Bertz CT molecular complexity index is 1010. The largest absolute Gasteiger partial charge is 0.462 e. The summed E-state index contributed by atoms with van der Waals surface area (Å²) in [6.45, 7) is 1.91. The number of ether oxygens (including phenoxy) is 1. The van der Waals surface area contributed by atoms with E-state index in [0.29, 0.717) is 22.3 Å². The number of rotatable bonds is 3. The van der Waals surface area contributed by atoms with Crippen molar-refractivity contribution in [2.24, 2.45) is 0 Å². The van der Waals surface area contributed by atoms with Crippen LogP contribution in [0.5, 0.6) is 0 Å². The van der Waals surface area contributed by atoms with Gasteiger partial charge in [0.1, 0.15) is 23.3 Å². The summed E-state index contributed by atoms with van der Waals surface area (Å²) in [5, 5.41) is 18.8. The topological polar surface area (TPSA) is 99.9 Å². The third-order valence-corrected chi connectivity index (χ3v) is 3.47. The first kappa shape index (κ1) is 15.3. The predicted molar refractivity (Wildman–Crippen MR) is 84.8 cm³/mol. The summed E-state index contributed by atoms with van der Waals surface area (Å²) in [4.78, 5) is 16.4. The normalized spacial score (nSPS) is 10.1. The first-order valence-electron chi connectivity index (χ1n) is 7.17. The Morgan fingerprint density at radius 1 is 1.29 bits per heavy atom. The molecule has 0 radical (unpaired) electrons. The fourth-order valence-electron chi connectivity index (χ4n) is 2.43. The highest BCUT2D eigenvalue weighted by atomic mass is 16.5. The number of fused-ring (bicyclic) bond motifs is 1. The highest BCUT2D eigenvalue weighted by Gasteiger charge is 2.24. The minimum atomic E-state index is -0.552. The van der Waals surface area contributed by atoms with Crippen LogP contribution in [0.3, 0.4) is 0 Å². The first-order chi connectivity index (χ1) is 11.7. The summed E-state index contributed by atoms with van der Waals surface area (Å²) in [7, 11) is 0. The van der Waals surface area contributed by atoms with Gasteiger partial charge >= 0.3 is 5.97 Å². The van der Waals surface area contributed by atoms with E-state index in [-0.39, 0.29) is 23.3 Å². The molecule has 0 aliphatic rings. The molecule has 3 rings (SSSR count). The quantitative estimate of drug-likeness (QED) is 0.686. The lowest BCUT2D eigenvalue weighted by molar-refractivity contribution is 0.0529. The van der Waals surface area contributed by atoms with Gasteiger partial charge in [-0.2, -0.15) is 10.5 Å². The molecule has 0 N–H and O–H groups in total.